The summed E-state index contributed by atoms with van der Waals surface area (Å²) in [6.45, 7) is 1.82. The molecule has 1 amide bonds. The van der Waals surface area contributed by atoms with Gasteiger partial charge in [-0.3, -0.25) is 4.79 Å². The Bertz CT molecular complexity index is 1000. The Morgan fingerprint density at radius 3 is 2.72 bits per heavy atom. The molecule has 0 aliphatic rings. The zero-order valence-corrected chi connectivity index (χ0v) is 16.8. The number of hydrogen-bond donors (Lipinski definition) is 1. The summed E-state index contributed by atoms with van der Waals surface area (Å²) in [6.07, 6.45) is 0. The van der Waals surface area contributed by atoms with Crippen LogP contribution in [0, 0.1) is 6.92 Å². The summed E-state index contributed by atoms with van der Waals surface area (Å²) in [4.78, 5) is 28.7. The first-order valence-corrected chi connectivity index (χ1v) is 9.67. The summed E-state index contributed by atoms with van der Waals surface area (Å²) in [5.41, 5.74) is 1.62. The van der Waals surface area contributed by atoms with E-state index in [2.05, 4.69) is 10.3 Å². The second-order valence-electron chi connectivity index (χ2n) is 6.00. The summed E-state index contributed by atoms with van der Waals surface area (Å²) in [6, 6.07) is 13.6. The van der Waals surface area contributed by atoms with Gasteiger partial charge in [0, 0.05) is 5.38 Å². The van der Waals surface area contributed by atoms with Crippen molar-refractivity contribution in [3.63, 3.8) is 0 Å². The Hall–Kier alpha value is -3.39. The molecule has 0 spiro atoms. The van der Waals surface area contributed by atoms with E-state index in [-0.39, 0.29) is 0 Å². The molecular weight excluding hydrogens is 392 g/mol. The van der Waals surface area contributed by atoms with Gasteiger partial charge >= 0.3 is 5.97 Å². The highest BCUT2D eigenvalue weighted by Gasteiger charge is 2.13. The minimum atomic E-state index is -0.616. The predicted octanol–water partition coefficient (Wildman–Crippen LogP) is 3.83. The van der Waals surface area contributed by atoms with Crippen molar-refractivity contribution in [2.24, 2.45) is 0 Å². The third-order valence-corrected chi connectivity index (χ3v) is 4.66. The maximum atomic E-state index is 12.3. The van der Waals surface area contributed by atoms with Crippen molar-refractivity contribution in [1.29, 1.82) is 0 Å². The molecule has 0 unspecified atom stereocenters. The number of para-hydroxylation sites is 2. The van der Waals surface area contributed by atoms with Gasteiger partial charge in [0.2, 0.25) is 0 Å². The molecule has 0 atom stereocenters. The topological polar surface area (TPSA) is 86.8 Å². The van der Waals surface area contributed by atoms with Gasteiger partial charge in [-0.25, -0.2) is 9.78 Å². The maximum Gasteiger partial charge on any atom is 0.338 e. The number of carbonyl (C=O) groups is 2. The highest BCUT2D eigenvalue weighted by Crippen LogP contribution is 2.23. The average Bonchev–Trinajstić information content (AvgIpc) is 3.16. The van der Waals surface area contributed by atoms with E-state index >= 15 is 0 Å². The summed E-state index contributed by atoms with van der Waals surface area (Å²) in [7, 11) is 1.51. The number of carbonyl (C=O) groups excluding carboxylic acids is 2. The van der Waals surface area contributed by atoms with E-state index in [0.29, 0.717) is 29.4 Å². The molecule has 3 rings (SSSR count). The summed E-state index contributed by atoms with van der Waals surface area (Å²) >= 11 is 1.55. The van der Waals surface area contributed by atoms with E-state index < -0.39 is 18.5 Å². The second-order valence-corrected chi connectivity index (χ2v) is 7.06. The number of methoxy groups -OCH3 is 1. The molecule has 0 bridgehead atoms. The van der Waals surface area contributed by atoms with Gasteiger partial charge in [0.1, 0.15) is 18.1 Å². The number of anilines is 1. The first-order valence-electron chi connectivity index (χ1n) is 8.79. The fourth-order valence-corrected chi connectivity index (χ4v) is 3.09. The van der Waals surface area contributed by atoms with Crippen LogP contribution >= 0.6 is 11.3 Å². The van der Waals surface area contributed by atoms with Gasteiger partial charge in [-0.15, -0.1) is 11.3 Å². The fraction of sp³-hybridized carbons (Fsp3) is 0.190. The lowest BCUT2D eigenvalue weighted by Gasteiger charge is -2.10. The monoisotopic (exact) mass is 412 g/mol. The van der Waals surface area contributed by atoms with Crippen LogP contribution in [0.3, 0.4) is 0 Å². The Kier molecular flexibility index (Phi) is 6.80. The van der Waals surface area contributed by atoms with Gasteiger partial charge < -0.3 is 19.5 Å². The van der Waals surface area contributed by atoms with Crippen LogP contribution in [0.15, 0.2) is 53.9 Å². The van der Waals surface area contributed by atoms with E-state index in [4.69, 9.17) is 14.2 Å². The molecule has 0 radical (unpaired) electrons. The number of thiazole rings is 1. The standard InChI is InChI=1S/C21H20N2O5S/c1-14-22-16(13-29-14)11-27-17-7-5-6-15(10-17)21(25)28-12-20(24)23-18-8-3-4-9-19(18)26-2/h3-10,13H,11-12H2,1-2H3,(H,23,24). The highest BCUT2D eigenvalue weighted by molar-refractivity contribution is 7.09. The Balaban J connectivity index is 1.53. The number of esters is 1. The molecule has 1 aromatic heterocycles. The quantitative estimate of drug-likeness (QED) is 0.566. The van der Waals surface area contributed by atoms with Crippen molar-refractivity contribution in [2.45, 2.75) is 13.5 Å². The van der Waals surface area contributed by atoms with Crippen LogP contribution in [0.4, 0.5) is 5.69 Å². The number of aromatic nitrogens is 1. The first kappa shape index (κ1) is 20.3. The number of rotatable bonds is 8. The summed E-state index contributed by atoms with van der Waals surface area (Å²) in [5, 5.41) is 5.54. The number of benzene rings is 2. The minimum Gasteiger partial charge on any atom is -0.495 e. The molecule has 0 aliphatic carbocycles. The Labute approximate surface area is 172 Å². The number of nitrogens with zero attached hydrogens (tertiary/aromatic N) is 1. The van der Waals surface area contributed by atoms with Crippen LogP contribution < -0.4 is 14.8 Å². The molecule has 8 heteroatoms. The van der Waals surface area contributed by atoms with Crippen LogP contribution in [-0.2, 0) is 16.1 Å². The van der Waals surface area contributed by atoms with E-state index in [0.717, 1.165) is 10.7 Å². The molecule has 1 heterocycles. The molecule has 2 aromatic carbocycles. The molecule has 0 saturated carbocycles. The van der Waals surface area contributed by atoms with Crippen molar-refractivity contribution in [3.05, 3.63) is 70.2 Å². The van der Waals surface area contributed by atoms with Gasteiger partial charge in [-0.2, -0.15) is 0 Å². The van der Waals surface area contributed by atoms with Crippen molar-refractivity contribution < 1.29 is 23.8 Å². The summed E-state index contributed by atoms with van der Waals surface area (Å²) < 4.78 is 15.9. The van der Waals surface area contributed by atoms with Gasteiger partial charge in [0.25, 0.3) is 5.91 Å². The van der Waals surface area contributed by atoms with Gasteiger partial charge in [-0.05, 0) is 37.3 Å². The van der Waals surface area contributed by atoms with Gasteiger partial charge in [0.15, 0.2) is 6.61 Å². The van der Waals surface area contributed by atoms with Crippen LogP contribution in [0.2, 0.25) is 0 Å². The average molecular weight is 412 g/mol. The molecule has 29 heavy (non-hydrogen) atoms. The number of amides is 1. The Morgan fingerprint density at radius 1 is 1.14 bits per heavy atom. The van der Waals surface area contributed by atoms with Crippen LogP contribution in [0.5, 0.6) is 11.5 Å². The zero-order valence-electron chi connectivity index (χ0n) is 16.0. The molecule has 3 aromatic rings. The fourth-order valence-electron chi connectivity index (χ4n) is 2.49. The molecule has 0 aliphatic heterocycles. The van der Waals surface area contributed by atoms with Crippen molar-refractivity contribution in [2.75, 3.05) is 19.0 Å². The predicted molar refractivity (Wildman–Crippen MR) is 110 cm³/mol. The molecule has 1 N–H and O–H groups in total. The molecule has 0 fully saturated rings. The number of hydrogen-bond acceptors (Lipinski definition) is 7. The maximum absolute atomic E-state index is 12.3. The van der Waals surface area contributed by atoms with E-state index in [9.17, 15) is 9.59 Å². The minimum absolute atomic E-state index is 0.294. The van der Waals surface area contributed by atoms with Crippen LogP contribution in [0.25, 0.3) is 0 Å². The second kappa shape index (κ2) is 9.70. The van der Waals surface area contributed by atoms with E-state index in [1.807, 2.05) is 12.3 Å². The number of nitrogens with one attached hydrogen (secondary N) is 1. The highest BCUT2D eigenvalue weighted by atomic mass is 32.1. The lowest BCUT2D eigenvalue weighted by Crippen LogP contribution is -2.21. The normalized spacial score (nSPS) is 10.3. The van der Waals surface area contributed by atoms with Gasteiger partial charge in [0.05, 0.1) is 29.1 Å². The van der Waals surface area contributed by atoms with Gasteiger partial charge in [-0.1, -0.05) is 18.2 Å². The third kappa shape index (κ3) is 5.79. The lowest BCUT2D eigenvalue weighted by molar-refractivity contribution is -0.119. The smallest absolute Gasteiger partial charge is 0.338 e. The van der Waals surface area contributed by atoms with Crippen LogP contribution in [-0.4, -0.2) is 30.6 Å². The molecule has 0 saturated heterocycles. The lowest BCUT2D eigenvalue weighted by atomic mass is 10.2. The molecule has 7 nitrogen and oxygen atoms in total. The van der Waals surface area contributed by atoms with Crippen molar-refractivity contribution in [3.8, 4) is 11.5 Å². The van der Waals surface area contributed by atoms with Crippen molar-refractivity contribution in [1.82, 2.24) is 4.98 Å². The van der Waals surface area contributed by atoms with Crippen molar-refractivity contribution >= 4 is 28.9 Å². The largest absolute Gasteiger partial charge is 0.495 e. The Morgan fingerprint density at radius 2 is 1.97 bits per heavy atom. The first-order chi connectivity index (χ1) is 14.0. The molecule has 150 valence electrons. The zero-order chi connectivity index (χ0) is 20.6. The molecular formula is C21H20N2O5S. The van der Waals surface area contributed by atoms with Crippen LogP contribution in [0.1, 0.15) is 21.1 Å². The summed E-state index contributed by atoms with van der Waals surface area (Å²) in [5.74, 6) is -0.0415. The number of ether oxygens (including phenoxy) is 3. The van der Waals surface area contributed by atoms with E-state index in [1.54, 1.807) is 59.9 Å². The van der Waals surface area contributed by atoms with E-state index in [1.165, 1.54) is 7.11 Å². The SMILES string of the molecule is COc1ccccc1NC(=O)COC(=O)c1cccc(OCc2csc(C)n2)c1. The third-order valence-electron chi connectivity index (χ3n) is 3.84. The number of aryl methyl sites for hydroxylation is 1.